The van der Waals surface area contributed by atoms with Crippen LogP contribution in [0.1, 0.15) is 78.6 Å². The second kappa shape index (κ2) is 9.12. The molecule has 2 saturated carbocycles. The Bertz CT molecular complexity index is 974. The third kappa shape index (κ3) is 4.35. The molecule has 6 N–H and O–H groups in total. The summed E-state index contributed by atoms with van der Waals surface area (Å²) >= 11 is 0. The Morgan fingerprint density at radius 2 is 1.97 bits per heavy atom. The van der Waals surface area contributed by atoms with Gasteiger partial charge in [0.25, 0.3) is 0 Å². The van der Waals surface area contributed by atoms with E-state index in [9.17, 15) is 13.2 Å². The molecule has 0 aromatic heterocycles. The molecule has 1 heterocycles. The minimum atomic E-state index is -4.65. The Morgan fingerprint density at radius 3 is 2.67 bits per heavy atom. The topological polar surface area (TPSA) is 97.2 Å². The van der Waals surface area contributed by atoms with Crippen molar-refractivity contribution < 1.29 is 17.9 Å². The molecule has 4 aliphatic carbocycles. The van der Waals surface area contributed by atoms with Crippen LogP contribution in [0.2, 0.25) is 0 Å². The normalized spacial score (nSPS) is 41.7. The lowest BCUT2D eigenvalue weighted by Gasteiger charge is -2.53. The van der Waals surface area contributed by atoms with Crippen LogP contribution in [0.3, 0.4) is 0 Å². The number of hydrogen-bond acceptors (Lipinski definition) is 5. The molecule has 0 radical (unpaired) electrons. The molecule has 5 nitrogen and oxygen atoms in total. The van der Waals surface area contributed by atoms with Gasteiger partial charge in [-0.15, -0.1) is 0 Å². The van der Waals surface area contributed by atoms with Gasteiger partial charge in [-0.3, -0.25) is 10.7 Å². The summed E-state index contributed by atoms with van der Waals surface area (Å²) in [5.74, 6) is 2.05. The molecule has 0 aromatic carbocycles. The zero-order valence-corrected chi connectivity index (χ0v) is 21.9. The summed E-state index contributed by atoms with van der Waals surface area (Å²) in [7, 11) is 0. The van der Waals surface area contributed by atoms with Gasteiger partial charge < -0.3 is 16.2 Å². The third-order valence-electron chi connectivity index (χ3n) is 10.7. The molecule has 8 atom stereocenters. The number of allylic oxidation sites excluding steroid dienone is 3. The van der Waals surface area contributed by atoms with Gasteiger partial charge in [-0.25, -0.2) is 0 Å². The lowest BCUT2D eigenvalue weighted by Crippen LogP contribution is -2.47. The van der Waals surface area contributed by atoms with Gasteiger partial charge in [0.2, 0.25) is 0 Å². The lowest BCUT2D eigenvalue weighted by molar-refractivity contribution is -0.0610. The first kappa shape index (κ1) is 26.2. The van der Waals surface area contributed by atoms with Crippen molar-refractivity contribution in [3.8, 4) is 0 Å². The van der Waals surface area contributed by atoms with Crippen LogP contribution >= 0.6 is 0 Å². The van der Waals surface area contributed by atoms with Crippen molar-refractivity contribution in [1.29, 1.82) is 5.41 Å². The highest BCUT2D eigenvalue weighted by Gasteiger charge is 2.58. The monoisotopic (exact) mass is 508 g/mol. The minimum absolute atomic E-state index is 0.0434. The van der Waals surface area contributed by atoms with Crippen molar-refractivity contribution in [2.45, 2.75) is 96.6 Å². The molecule has 1 spiro atoms. The van der Waals surface area contributed by atoms with Gasteiger partial charge in [-0.05, 0) is 106 Å². The molecule has 1 saturated heterocycles. The van der Waals surface area contributed by atoms with Crippen LogP contribution in [-0.4, -0.2) is 36.8 Å². The van der Waals surface area contributed by atoms with E-state index in [0.717, 1.165) is 51.5 Å². The molecule has 202 valence electrons. The molecule has 0 bridgehead atoms. The number of rotatable bonds is 4. The number of nitrogens with two attached hydrogens (primary N) is 2. The van der Waals surface area contributed by atoms with Crippen molar-refractivity contribution in [3.63, 3.8) is 0 Å². The van der Waals surface area contributed by atoms with Crippen molar-refractivity contribution in [1.82, 2.24) is 5.32 Å². The van der Waals surface area contributed by atoms with Crippen molar-refractivity contribution >= 4 is 5.71 Å². The summed E-state index contributed by atoms with van der Waals surface area (Å²) < 4.78 is 47.1. The van der Waals surface area contributed by atoms with E-state index in [0.29, 0.717) is 42.6 Å². The molecule has 5 rings (SSSR count). The fraction of sp³-hybridized carbons (Fsp3) is 0.821. The van der Waals surface area contributed by atoms with Gasteiger partial charge >= 0.3 is 6.18 Å². The molecule has 1 aliphatic heterocycles. The van der Waals surface area contributed by atoms with E-state index in [-0.39, 0.29) is 34.9 Å². The maximum absolute atomic E-state index is 13.5. The highest BCUT2D eigenvalue weighted by molar-refractivity contribution is 6.02. The average molecular weight is 509 g/mol. The van der Waals surface area contributed by atoms with Crippen LogP contribution in [-0.2, 0) is 4.74 Å². The summed E-state index contributed by atoms with van der Waals surface area (Å²) in [4.78, 5) is 0. The summed E-state index contributed by atoms with van der Waals surface area (Å²) in [6.45, 7) is 8.14. The van der Waals surface area contributed by atoms with E-state index in [1.165, 1.54) is 5.57 Å². The summed E-state index contributed by atoms with van der Waals surface area (Å²) in [6, 6.07) is 0. The maximum atomic E-state index is 13.5. The lowest BCUT2D eigenvalue weighted by atomic mass is 9.52. The highest BCUT2D eigenvalue weighted by Crippen LogP contribution is 2.65. The Kier molecular flexibility index (Phi) is 6.65. The number of fused-ring (bicyclic) bond motifs is 5. The van der Waals surface area contributed by atoms with Crippen LogP contribution in [0.15, 0.2) is 22.4 Å². The second-order valence-electron chi connectivity index (χ2n) is 12.9. The van der Waals surface area contributed by atoms with Crippen LogP contribution in [0, 0.1) is 40.4 Å². The molecular weight excluding hydrogens is 465 g/mol. The third-order valence-corrected chi connectivity index (χ3v) is 10.7. The van der Waals surface area contributed by atoms with Crippen LogP contribution < -0.4 is 16.8 Å². The quantitative estimate of drug-likeness (QED) is 0.301. The fourth-order valence-electron chi connectivity index (χ4n) is 8.66. The Balaban J connectivity index is 1.37. The summed E-state index contributed by atoms with van der Waals surface area (Å²) in [5.41, 5.74) is 13.6. The average Bonchev–Trinajstić information content (AvgIpc) is 3.35. The number of halogens is 3. The van der Waals surface area contributed by atoms with E-state index < -0.39 is 11.9 Å². The largest absolute Gasteiger partial charge is 0.432 e. The molecule has 8 heteroatoms. The van der Waals surface area contributed by atoms with Gasteiger partial charge in [-0.1, -0.05) is 25.0 Å². The van der Waals surface area contributed by atoms with Crippen molar-refractivity contribution in [3.05, 3.63) is 22.4 Å². The zero-order valence-electron chi connectivity index (χ0n) is 21.9. The zero-order chi connectivity index (χ0) is 26.0. The van der Waals surface area contributed by atoms with Crippen LogP contribution in [0.5, 0.6) is 0 Å². The predicted molar refractivity (Wildman–Crippen MR) is 135 cm³/mol. The van der Waals surface area contributed by atoms with Crippen molar-refractivity contribution in [2.24, 2.45) is 46.5 Å². The van der Waals surface area contributed by atoms with E-state index >= 15 is 0 Å². The first-order chi connectivity index (χ1) is 16.9. The first-order valence-corrected chi connectivity index (χ1v) is 13.8. The molecule has 3 fully saturated rings. The van der Waals surface area contributed by atoms with Gasteiger partial charge in [0, 0.05) is 17.8 Å². The van der Waals surface area contributed by atoms with Crippen LogP contribution in [0.4, 0.5) is 13.2 Å². The first-order valence-electron chi connectivity index (χ1n) is 13.8. The predicted octanol–water partition coefficient (Wildman–Crippen LogP) is 5.41. The highest BCUT2D eigenvalue weighted by atomic mass is 19.4. The van der Waals surface area contributed by atoms with E-state index in [4.69, 9.17) is 21.6 Å². The van der Waals surface area contributed by atoms with Gasteiger partial charge in [0.1, 0.15) is 11.9 Å². The van der Waals surface area contributed by atoms with E-state index in [2.05, 4.69) is 26.1 Å². The number of hydrogen-bond donors (Lipinski definition) is 4. The molecular formula is C28H43F3N4O. The molecule has 5 aliphatic rings. The van der Waals surface area contributed by atoms with Crippen LogP contribution in [0.25, 0.3) is 0 Å². The Labute approximate surface area is 213 Å². The Hall–Kier alpha value is -1.38. The molecule has 0 amide bonds. The molecule has 0 aromatic rings. The molecule has 8 unspecified atom stereocenters. The minimum Gasteiger partial charge on any atom is -0.402 e. The fourth-order valence-corrected chi connectivity index (χ4v) is 8.66. The molecule has 36 heavy (non-hydrogen) atoms. The summed E-state index contributed by atoms with van der Waals surface area (Å²) in [6.07, 6.45) is 3.22. The maximum Gasteiger partial charge on any atom is 0.432 e. The van der Waals surface area contributed by atoms with E-state index in [1.807, 2.05) is 0 Å². The van der Waals surface area contributed by atoms with E-state index in [1.54, 1.807) is 5.57 Å². The van der Waals surface area contributed by atoms with Gasteiger partial charge in [-0.2, -0.15) is 13.2 Å². The summed E-state index contributed by atoms with van der Waals surface area (Å²) in [5, 5.41) is 11.4. The number of nitrogens with one attached hydrogen (secondary N) is 2. The Morgan fingerprint density at radius 1 is 1.22 bits per heavy atom. The number of alkyl halides is 3. The standard InChI is InChI=1S/C28H43F3N4O/c1-15(13-32)8-24-35-14-27(36-24)7-6-18-19-5-4-17-9-23(33)21(25(34)28(29,30)31)12-26(17,3)22(19)10-20(18)16(2)11-27/h15,17-19,22,24,34-35H,4-14,32-33H2,1-3H3. The number of ether oxygens (including phenoxy) is 1. The SMILES string of the molecule is CC1=C2CC3C(CCC4CC(N)=C(C(=N)C(F)(F)F)CC43C)C2CCC2(CNC(CC(C)CN)O2)C1. The van der Waals surface area contributed by atoms with Gasteiger partial charge in [0.05, 0.1) is 5.60 Å². The van der Waals surface area contributed by atoms with Gasteiger partial charge in [0.15, 0.2) is 0 Å². The smallest absolute Gasteiger partial charge is 0.402 e. The second-order valence-corrected chi connectivity index (χ2v) is 12.9. The van der Waals surface area contributed by atoms with Crippen molar-refractivity contribution in [2.75, 3.05) is 13.1 Å².